The standard InChI is InChI=1S/C10H6BrNO2/c1-6(14)9-3-7(4-12)2-8(5-13)10(9)11/h2-3,5H,1H3. The van der Waals surface area contributed by atoms with Crippen LogP contribution in [0.3, 0.4) is 0 Å². The Bertz CT molecular complexity index is 446. The van der Waals surface area contributed by atoms with Crippen molar-refractivity contribution in [3.63, 3.8) is 0 Å². The minimum atomic E-state index is -0.183. The SMILES string of the molecule is CC(=O)c1cc(C#N)cc(C=O)c1Br. The summed E-state index contributed by atoms with van der Waals surface area (Å²) in [5.74, 6) is -0.183. The Morgan fingerprint density at radius 3 is 2.64 bits per heavy atom. The average molecular weight is 252 g/mol. The summed E-state index contributed by atoms with van der Waals surface area (Å²) in [6.45, 7) is 1.38. The fourth-order valence-electron chi connectivity index (χ4n) is 1.05. The second-order valence-electron chi connectivity index (χ2n) is 2.71. The molecule has 70 valence electrons. The number of nitriles is 1. The number of carbonyl (C=O) groups excluding carboxylic acids is 2. The molecular formula is C10H6BrNO2. The lowest BCUT2D eigenvalue weighted by Crippen LogP contribution is -1.98. The topological polar surface area (TPSA) is 57.9 Å². The van der Waals surface area contributed by atoms with E-state index in [2.05, 4.69) is 15.9 Å². The molecule has 1 rings (SSSR count). The lowest BCUT2D eigenvalue weighted by molar-refractivity contribution is 0.101. The zero-order valence-corrected chi connectivity index (χ0v) is 8.96. The van der Waals surface area contributed by atoms with E-state index in [1.54, 1.807) is 0 Å². The van der Waals surface area contributed by atoms with Gasteiger partial charge in [-0.05, 0) is 35.0 Å². The molecule has 0 aliphatic rings. The Kier molecular flexibility index (Phi) is 3.15. The van der Waals surface area contributed by atoms with Gasteiger partial charge in [0.05, 0.1) is 11.6 Å². The molecule has 0 aliphatic heterocycles. The molecule has 0 spiro atoms. The predicted molar refractivity (Wildman–Crippen MR) is 54.2 cm³/mol. The van der Waals surface area contributed by atoms with Crippen molar-refractivity contribution in [1.29, 1.82) is 5.26 Å². The predicted octanol–water partition coefficient (Wildman–Crippen LogP) is 2.34. The van der Waals surface area contributed by atoms with E-state index in [1.807, 2.05) is 6.07 Å². The zero-order valence-electron chi connectivity index (χ0n) is 7.37. The fourth-order valence-corrected chi connectivity index (χ4v) is 1.65. The maximum absolute atomic E-state index is 11.1. The van der Waals surface area contributed by atoms with Crippen molar-refractivity contribution in [3.05, 3.63) is 33.3 Å². The van der Waals surface area contributed by atoms with Crippen molar-refractivity contribution >= 4 is 28.0 Å². The number of benzene rings is 1. The van der Waals surface area contributed by atoms with Crippen molar-refractivity contribution in [2.24, 2.45) is 0 Å². The fraction of sp³-hybridized carbons (Fsp3) is 0.100. The highest BCUT2D eigenvalue weighted by molar-refractivity contribution is 9.10. The summed E-state index contributed by atoms with van der Waals surface area (Å²) < 4.78 is 0.444. The van der Waals surface area contributed by atoms with Crippen LogP contribution in [0.1, 0.15) is 33.2 Å². The molecule has 0 atom stereocenters. The summed E-state index contributed by atoms with van der Waals surface area (Å²) in [6.07, 6.45) is 0.608. The average Bonchev–Trinajstić information content (AvgIpc) is 2.17. The van der Waals surface area contributed by atoms with E-state index in [1.165, 1.54) is 19.1 Å². The molecule has 0 bridgehead atoms. The van der Waals surface area contributed by atoms with Crippen molar-refractivity contribution < 1.29 is 9.59 Å². The van der Waals surface area contributed by atoms with Crippen molar-refractivity contribution in [1.82, 2.24) is 0 Å². The lowest BCUT2D eigenvalue weighted by Gasteiger charge is -2.03. The number of carbonyl (C=O) groups is 2. The summed E-state index contributed by atoms with van der Waals surface area (Å²) in [4.78, 5) is 21.8. The van der Waals surface area contributed by atoms with Crippen LogP contribution in [0.2, 0.25) is 0 Å². The van der Waals surface area contributed by atoms with Crippen LogP contribution in [-0.2, 0) is 0 Å². The maximum Gasteiger partial charge on any atom is 0.161 e. The number of nitrogens with zero attached hydrogens (tertiary/aromatic N) is 1. The smallest absolute Gasteiger partial charge is 0.161 e. The van der Waals surface area contributed by atoms with E-state index in [4.69, 9.17) is 5.26 Å². The van der Waals surface area contributed by atoms with Gasteiger partial charge < -0.3 is 0 Å². The third kappa shape index (κ3) is 1.88. The van der Waals surface area contributed by atoms with Gasteiger partial charge in [-0.15, -0.1) is 0 Å². The molecule has 0 saturated carbocycles. The molecule has 3 nitrogen and oxygen atoms in total. The van der Waals surface area contributed by atoms with E-state index in [0.29, 0.717) is 27.4 Å². The summed E-state index contributed by atoms with van der Waals surface area (Å²) >= 11 is 3.14. The number of ketones is 1. The van der Waals surface area contributed by atoms with Gasteiger partial charge in [-0.2, -0.15) is 5.26 Å². The summed E-state index contributed by atoms with van der Waals surface area (Å²) in [6, 6.07) is 4.78. The Hall–Kier alpha value is -1.47. The molecule has 0 aliphatic carbocycles. The number of hydrogen-bond donors (Lipinski definition) is 0. The van der Waals surface area contributed by atoms with Crippen LogP contribution in [0.4, 0.5) is 0 Å². The second-order valence-corrected chi connectivity index (χ2v) is 3.51. The van der Waals surface area contributed by atoms with Gasteiger partial charge in [0.15, 0.2) is 12.1 Å². The number of rotatable bonds is 2. The molecule has 1 aromatic rings. The monoisotopic (exact) mass is 251 g/mol. The van der Waals surface area contributed by atoms with E-state index < -0.39 is 0 Å². The first-order valence-corrected chi connectivity index (χ1v) is 4.59. The van der Waals surface area contributed by atoms with Gasteiger partial charge in [-0.1, -0.05) is 0 Å². The third-order valence-electron chi connectivity index (χ3n) is 1.74. The zero-order chi connectivity index (χ0) is 10.7. The Labute approximate surface area is 89.5 Å². The minimum absolute atomic E-state index is 0.183. The molecule has 0 saturated heterocycles. The normalized spacial score (nSPS) is 9.21. The molecule has 4 heteroatoms. The molecule has 0 fully saturated rings. The van der Waals surface area contributed by atoms with Crippen LogP contribution < -0.4 is 0 Å². The second kappa shape index (κ2) is 4.16. The Morgan fingerprint density at radius 1 is 1.57 bits per heavy atom. The quantitative estimate of drug-likeness (QED) is 0.599. The largest absolute Gasteiger partial charge is 0.298 e. The molecule has 0 aromatic heterocycles. The van der Waals surface area contributed by atoms with Gasteiger partial charge in [-0.25, -0.2) is 0 Å². The first-order valence-electron chi connectivity index (χ1n) is 3.80. The van der Waals surface area contributed by atoms with Crippen LogP contribution in [0.25, 0.3) is 0 Å². The minimum Gasteiger partial charge on any atom is -0.298 e. The van der Waals surface area contributed by atoms with E-state index in [-0.39, 0.29) is 5.78 Å². The van der Waals surface area contributed by atoms with Gasteiger partial charge in [0.2, 0.25) is 0 Å². The van der Waals surface area contributed by atoms with Crippen molar-refractivity contribution in [3.8, 4) is 6.07 Å². The van der Waals surface area contributed by atoms with Crippen LogP contribution in [0, 0.1) is 11.3 Å². The maximum atomic E-state index is 11.1. The molecule has 0 radical (unpaired) electrons. The molecule has 1 aromatic carbocycles. The highest BCUT2D eigenvalue weighted by Crippen LogP contribution is 2.23. The molecule has 0 unspecified atom stereocenters. The number of Topliss-reactive ketones (excluding diaryl/α,β-unsaturated/α-hetero) is 1. The first-order chi connectivity index (χ1) is 6.60. The lowest BCUT2D eigenvalue weighted by atomic mass is 10.0. The number of hydrogen-bond acceptors (Lipinski definition) is 3. The third-order valence-corrected chi connectivity index (χ3v) is 2.62. The number of halogens is 1. The number of aldehydes is 1. The van der Waals surface area contributed by atoms with Gasteiger partial charge in [0, 0.05) is 15.6 Å². The van der Waals surface area contributed by atoms with Gasteiger partial charge in [0.25, 0.3) is 0 Å². The summed E-state index contributed by atoms with van der Waals surface area (Å²) in [5, 5.41) is 8.66. The first kappa shape index (κ1) is 10.6. The summed E-state index contributed by atoms with van der Waals surface area (Å²) in [7, 11) is 0. The molecular weight excluding hydrogens is 246 g/mol. The molecule has 14 heavy (non-hydrogen) atoms. The Morgan fingerprint density at radius 2 is 2.21 bits per heavy atom. The van der Waals surface area contributed by atoms with E-state index in [0.717, 1.165) is 0 Å². The Balaban J connectivity index is 3.51. The van der Waals surface area contributed by atoms with E-state index >= 15 is 0 Å². The summed E-state index contributed by atoms with van der Waals surface area (Å²) in [5.41, 5.74) is 0.973. The highest BCUT2D eigenvalue weighted by Gasteiger charge is 2.11. The van der Waals surface area contributed by atoms with Gasteiger partial charge >= 0.3 is 0 Å². The van der Waals surface area contributed by atoms with Crippen molar-refractivity contribution in [2.45, 2.75) is 6.92 Å². The van der Waals surface area contributed by atoms with Crippen LogP contribution in [0.5, 0.6) is 0 Å². The van der Waals surface area contributed by atoms with E-state index in [9.17, 15) is 9.59 Å². The van der Waals surface area contributed by atoms with Crippen LogP contribution >= 0.6 is 15.9 Å². The molecule has 0 N–H and O–H groups in total. The van der Waals surface area contributed by atoms with Crippen LogP contribution in [-0.4, -0.2) is 12.1 Å². The van der Waals surface area contributed by atoms with Crippen LogP contribution in [0.15, 0.2) is 16.6 Å². The van der Waals surface area contributed by atoms with Crippen molar-refractivity contribution in [2.75, 3.05) is 0 Å². The highest BCUT2D eigenvalue weighted by atomic mass is 79.9. The van der Waals surface area contributed by atoms with Gasteiger partial charge in [-0.3, -0.25) is 9.59 Å². The molecule has 0 heterocycles. The molecule has 0 amide bonds. The van der Waals surface area contributed by atoms with Gasteiger partial charge in [0.1, 0.15) is 0 Å².